The number of nitrogens with one attached hydrogen (secondary N) is 1. The highest BCUT2D eigenvalue weighted by Gasteiger charge is 2.31. The van der Waals surface area contributed by atoms with Gasteiger partial charge >= 0.3 is 5.97 Å². The molecule has 1 amide bonds. The molecular weight excluding hydrogens is 330 g/mol. The Kier molecular flexibility index (Phi) is 5.64. The third-order valence-corrected chi connectivity index (χ3v) is 5.74. The first-order chi connectivity index (χ1) is 11.2. The van der Waals surface area contributed by atoms with Gasteiger partial charge in [0.1, 0.15) is 0 Å². The van der Waals surface area contributed by atoms with Crippen molar-refractivity contribution in [1.82, 2.24) is 5.32 Å². The number of carbonyl (C=O) groups is 2. The topological polar surface area (TPSA) is 101 Å². The normalized spacial score (nSPS) is 21.8. The van der Waals surface area contributed by atoms with E-state index in [4.69, 9.17) is 0 Å². The minimum atomic E-state index is -3.43. The number of aliphatic carboxylic acids is 1. The van der Waals surface area contributed by atoms with E-state index < -0.39 is 33.7 Å². The first kappa shape index (κ1) is 18.4. The fourth-order valence-corrected chi connectivity index (χ4v) is 4.16. The lowest BCUT2D eigenvalue weighted by atomic mass is 9.94. The number of sulfone groups is 1. The molecule has 2 rings (SSSR count). The quantitative estimate of drug-likeness (QED) is 0.808. The molecule has 1 aliphatic rings. The van der Waals surface area contributed by atoms with Crippen molar-refractivity contribution in [2.75, 3.05) is 6.26 Å². The zero-order valence-corrected chi connectivity index (χ0v) is 14.7. The van der Waals surface area contributed by atoms with Gasteiger partial charge in [-0.1, -0.05) is 25.3 Å². The van der Waals surface area contributed by atoms with Gasteiger partial charge in [-0.05, 0) is 37.5 Å². The van der Waals surface area contributed by atoms with Crippen LogP contribution in [0.4, 0.5) is 0 Å². The zero-order valence-electron chi connectivity index (χ0n) is 13.9. The van der Waals surface area contributed by atoms with Gasteiger partial charge in [0.05, 0.1) is 10.8 Å². The fourth-order valence-electron chi connectivity index (χ4n) is 3.17. The molecule has 0 radical (unpaired) electrons. The van der Waals surface area contributed by atoms with Crippen LogP contribution in [0.2, 0.25) is 0 Å². The van der Waals surface area contributed by atoms with Crippen LogP contribution in [0.25, 0.3) is 0 Å². The molecule has 132 valence electrons. The second kappa shape index (κ2) is 7.34. The number of carbonyl (C=O) groups excluding carboxylic acids is 1. The Balaban J connectivity index is 2.24. The zero-order chi connectivity index (χ0) is 17.9. The maximum absolute atomic E-state index is 12.5. The van der Waals surface area contributed by atoms with Gasteiger partial charge in [-0.2, -0.15) is 0 Å². The fraction of sp³-hybridized carbons (Fsp3) is 0.529. The van der Waals surface area contributed by atoms with E-state index in [0.29, 0.717) is 18.4 Å². The molecule has 0 aliphatic heterocycles. The summed E-state index contributed by atoms with van der Waals surface area (Å²) in [6.45, 7) is 1.67. The van der Waals surface area contributed by atoms with E-state index in [1.165, 1.54) is 6.07 Å². The second-order valence-electron chi connectivity index (χ2n) is 6.42. The highest BCUT2D eigenvalue weighted by Crippen LogP contribution is 2.24. The molecule has 1 fully saturated rings. The van der Waals surface area contributed by atoms with Crippen LogP contribution in [-0.2, 0) is 14.6 Å². The Bertz CT molecular complexity index is 741. The van der Waals surface area contributed by atoms with Crippen LogP contribution in [0.3, 0.4) is 0 Å². The van der Waals surface area contributed by atoms with Gasteiger partial charge in [-0.15, -0.1) is 0 Å². The number of hydrogen-bond donors (Lipinski definition) is 2. The lowest BCUT2D eigenvalue weighted by Crippen LogP contribution is -2.42. The third kappa shape index (κ3) is 4.35. The summed E-state index contributed by atoms with van der Waals surface area (Å²) < 4.78 is 23.6. The average Bonchev–Trinajstić information content (AvgIpc) is 2.71. The van der Waals surface area contributed by atoms with Crippen molar-refractivity contribution in [3.05, 3.63) is 29.3 Å². The molecule has 1 aromatic carbocycles. The molecule has 0 saturated heterocycles. The first-order valence-electron chi connectivity index (χ1n) is 8.04. The summed E-state index contributed by atoms with van der Waals surface area (Å²) in [6.07, 6.45) is 4.93. The average molecular weight is 353 g/mol. The monoisotopic (exact) mass is 353 g/mol. The predicted molar refractivity (Wildman–Crippen MR) is 89.8 cm³/mol. The maximum Gasteiger partial charge on any atom is 0.308 e. The summed E-state index contributed by atoms with van der Waals surface area (Å²) in [5, 5.41) is 12.2. The number of carboxylic acid groups (broad SMARTS) is 1. The Morgan fingerprint density at radius 1 is 1.17 bits per heavy atom. The number of benzene rings is 1. The molecule has 0 spiro atoms. The molecule has 1 aliphatic carbocycles. The first-order valence-corrected chi connectivity index (χ1v) is 9.93. The summed E-state index contributed by atoms with van der Waals surface area (Å²) >= 11 is 0. The Morgan fingerprint density at radius 3 is 2.46 bits per heavy atom. The second-order valence-corrected chi connectivity index (χ2v) is 8.40. The summed E-state index contributed by atoms with van der Waals surface area (Å²) in [4.78, 5) is 24.0. The Labute approximate surface area is 142 Å². The van der Waals surface area contributed by atoms with Crippen LogP contribution in [0, 0.1) is 12.8 Å². The van der Waals surface area contributed by atoms with E-state index in [1.54, 1.807) is 19.1 Å². The van der Waals surface area contributed by atoms with Gasteiger partial charge < -0.3 is 10.4 Å². The molecule has 0 bridgehead atoms. The maximum atomic E-state index is 12.5. The molecule has 1 saturated carbocycles. The molecule has 0 heterocycles. The van der Waals surface area contributed by atoms with E-state index >= 15 is 0 Å². The van der Waals surface area contributed by atoms with Crippen molar-refractivity contribution in [1.29, 1.82) is 0 Å². The largest absolute Gasteiger partial charge is 0.481 e. The minimum absolute atomic E-state index is 0.116. The minimum Gasteiger partial charge on any atom is -0.481 e. The van der Waals surface area contributed by atoms with Crippen molar-refractivity contribution in [2.24, 2.45) is 5.92 Å². The predicted octanol–water partition coefficient (Wildman–Crippen LogP) is 2.16. The van der Waals surface area contributed by atoms with E-state index in [2.05, 4.69) is 5.32 Å². The lowest BCUT2D eigenvalue weighted by Gasteiger charge is -2.23. The van der Waals surface area contributed by atoms with E-state index in [9.17, 15) is 23.1 Å². The standard InChI is InChI=1S/C17H23NO5S/c1-11-8-9-12(10-15(11)24(2,22)23)16(19)18-14-7-5-3-4-6-13(14)17(20)21/h8-10,13-14H,3-7H2,1-2H3,(H,18,19)(H,20,21)/t13-,14+/m1/s1. The molecule has 1 aromatic rings. The van der Waals surface area contributed by atoms with Gasteiger partial charge in [0.2, 0.25) is 0 Å². The molecule has 2 atom stereocenters. The lowest BCUT2D eigenvalue weighted by molar-refractivity contribution is -0.142. The summed E-state index contributed by atoms with van der Waals surface area (Å²) in [6, 6.07) is 4.08. The smallest absolute Gasteiger partial charge is 0.308 e. The number of hydrogen-bond acceptors (Lipinski definition) is 4. The summed E-state index contributed by atoms with van der Waals surface area (Å²) in [7, 11) is -3.43. The van der Waals surface area contributed by atoms with Gasteiger partial charge in [0, 0.05) is 17.9 Å². The van der Waals surface area contributed by atoms with E-state index in [0.717, 1.165) is 25.5 Å². The van der Waals surface area contributed by atoms with Crippen molar-refractivity contribution in [2.45, 2.75) is 50.0 Å². The van der Waals surface area contributed by atoms with Crippen molar-refractivity contribution in [3.8, 4) is 0 Å². The highest BCUT2D eigenvalue weighted by atomic mass is 32.2. The van der Waals surface area contributed by atoms with Crippen LogP contribution in [0.1, 0.15) is 48.0 Å². The number of amides is 1. The summed E-state index contributed by atoms with van der Waals surface area (Å²) in [5.74, 6) is -1.93. The molecule has 0 unspecified atom stereocenters. The third-order valence-electron chi connectivity index (χ3n) is 4.50. The Morgan fingerprint density at radius 2 is 1.83 bits per heavy atom. The molecule has 0 aromatic heterocycles. The van der Waals surface area contributed by atoms with Crippen LogP contribution < -0.4 is 5.32 Å². The van der Waals surface area contributed by atoms with Crippen LogP contribution in [-0.4, -0.2) is 37.7 Å². The van der Waals surface area contributed by atoms with Crippen molar-refractivity contribution >= 4 is 21.7 Å². The van der Waals surface area contributed by atoms with Crippen molar-refractivity contribution in [3.63, 3.8) is 0 Å². The van der Waals surface area contributed by atoms with Crippen molar-refractivity contribution < 1.29 is 23.1 Å². The van der Waals surface area contributed by atoms with Gasteiger partial charge in [0.15, 0.2) is 9.84 Å². The number of aryl methyl sites for hydroxylation is 1. The van der Waals surface area contributed by atoms with Gasteiger partial charge in [0.25, 0.3) is 5.91 Å². The Hall–Kier alpha value is -1.89. The van der Waals surface area contributed by atoms with Crippen LogP contribution in [0.15, 0.2) is 23.1 Å². The molecule has 24 heavy (non-hydrogen) atoms. The molecular formula is C17H23NO5S. The SMILES string of the molecule is Cc1ccc(C(=O)N[C@H]2CCCCC[C@H]2C(=O)O)cc1S(C)(=O)=O. The number of rotatable bonds is 4. The van der Waals surface area contributed by atoms with Gasteiger partial charge in [-0.3, -0.25) is 9.59 Å². The van der Waals surface area contributed by atoms with E-state index in [1.807, 2.05) is 0 Å². The molecule has 2 N–H and O–H groups in total. The molecule has 7 heteroatoms. The molecule has 6 nitrogen and oxygen atoms in total. The van der Waals surface area contributed by atoms with Crippen LogP contribution >= 0.6 is 0 Å². The summed E-state index contributed by atoms with van der Waals surface area (Å²) in [5.41, 5.74) is 0.807. The van der Waals surface area contributed by atoms with Crippen LogP contribution in [0.5, 0.6) is 0 Å². The number of carboxylic acids is 1. The van der Waals surface area contributed by atoms with Gasteiger partial charge in [-0.25, -0.2) is 8.42 Å². The van der Waals surface area contributed by atoms with E-state index in [-0.39, 0.29) is 10.5 Å². The highest BCUT2D eigenvalue weighted by molar-refractivity contribution is 7.90.